The van der Waals surface area contributed by atoms with E-state index >= 15 is 0 Å². The number of amides is 2. The Hall–Kier alpha value is -1.96. The van der Waals surface area contributed by atoms with Crippen LogP contribution in [0, 0.1) is 17.8 Å². The van der Waals surface area contributed by atoms with Gasteiger partial charge in [0.05, 0.1) is 12.1 Å². The van der Waals surface area contributed by atoms with Crippen LogP contribution in [0.15, 0.2) is 5.38 Å². The molecule has 3 unspecified atom stereocenters. The summed E-state index contributed by atoms with van der Waals surface area (Å²) in [4.78, 5) is 41.8. The molecule has 2 amide bonds. The molecular weight excluding hydrogens is 342 g/mol. The Labute approximate surface area is 150 Å². The first-order valence-electron chi connectivity index (χ1n) is 8.64. The zero-order valence-electron chi connectivity index (χ0n) is 14.4. The van der Waals surface area contributed by atoms with Crippen molar-refractivity contribution in [2.24, 2.45) is 17.8 Å². The molecule has 136 valence electrons. The number of carbonyl (C=O) groups is 3. The van der Waals surface area contributed by atoms with Gasteiger partial charge in [-0.2, -0.15) is 0 Å². The van der Waals surface area contributed by atoms with Crippen LogP contribution in [-0.2, 0) is 20.8 Å². The second-order valence-electron chi connectivity index (χ2n) is 7.15. The summed E-state index contributed by atoms with van der Waals surface area (Å²) in [5.74, 6) is -0.987. The Bertz CT molecular complexity index is 687. The lowest BCUT2D eigenvalue weighted by Gasteiger charge is -2.24. The Morgan fingerprint density at radius 2 is 2.16 bits per heavy atom. The number of carboxylic acids is 1. The van der Waals surface area contributed by atoms with Crippen LogP contribution >= 0.6 is 11.3 Å². The highest BCUT2D eigenvalue weighted by atomic mass is 32.1. The van der Waals surface area contributed by atoms with Gasteiger partial charge in [-0.25, -0.2) is 9.78 Å². The molecule has 0 radical (unpaired) electrons. The summed E-state index contributed by atoms with van der Waals surface area (Å²) in [5, 5.41) is 14.5. The molecule has 1 aromatic rings. The molecular formula is C17H23N3O4S. The van der Waals surface area contributed by atoms with Crippen molar-refractivity contribution < 1.29 is 19.5 Å². The van der Waals surface area contributed by atoms with Gasteiger partial charge in [0.2, 0.25) is 11.8 Å². The minimum absolute atomic E-state index is 0.0667. The van der Waals surface area contributed by atoms with Crippen molar-refractivity contribution in [3.63, 3.8) is 0 Å². The number of nitrogens with zero attached hydrogens (tertiary/aromatic N) is 2. The van der Waals surface area contributed by atoms with Gasteiger partial charge in [-0.15, -0.1) is 11.3 Å². The zero-order valence-corrected chi connectivity index (χ0v) is 15.2. The standard InChI is InChI=1S/C17H23N3O4S/c1-9(2)15(22)19-17-18-11(8-25-17)6-13(21)20-7-10-4-3-5-12(10)14(20)16(23)24/h8-10,12,14H,3-7H2,1-2H3,(H,23,24)(H,18,19,22). The number of hydrogen-bond donors (Lipinski definition) is 2. The van der Waals surface area contributed by atoms with E-state index in [1.54, 1.807) is 19.2 Å². The molecule has 1 aromatic heterocycles. The average Bonchev–Trinajstić information content (AvgIpc) is 3.21. The minimum atomic E-state index is -0.911. The van der Waals surface area contributed by atoms with E-state index in [0.717, 1.165) is 19.3 Å². The number of nitrogens with one attached hydrogen (secondary N) is 1. The highest BCUT2D eigenvalue weighted by molar-refractivity contribution is 7.13. The second kappa shape index (κ2) is 7.11. The van der Waals surface area contributed by atoms with Crippen LogP contribution in [0.3, 0.4) is 0 Å². The predicted octanol–water partition coefficient (Wildman–Crippen LogP) is 1.99. The van der Waals surface area contributed by atoms with Crippen LogP contribution in [0.4, 0.5) is 5.13 Å². The van der Waals surface area contributed by atoms with Crippen LogP contribution < -0.4 is 5.32 Å². The molecule has 2 heterocycles. The Morgan fingerprint density at radius 3 is 2.84 bits per heavy atom. The number of thiazole rings is 1. The first kappa shape index (κ1) is 17.8. The lowest BCUT2D eigenvalue weighted by atomic mass is 9.94. The summed E-state index contributed by atoms with van der Waals surface area (Å²) < 4.78 is 0. The summed E-state index contributed by atoms with van der Waals surface area (Å²) >= 11 is 1.27. The SMILES string of the molecule is CC(C)C(=O)Nc1nc(CC(=O)N2CC3CCCC3C2C(=O)O)cs1. The molecule has 2 aliphatic rings. The van der Waals surface area contributed by atoms with Crippen molar-refractivity contribution in [2.75, 3.05) is 11.9 Å². The fourth-order valence-electron chi connectivity index (χ4n) is 3.83. The van der Waals surface area contributed by atoms with Gasteiger partial charge in [-0.05, 0) is 24.7 Å². The van der Waals surface area contributed by atoms with Crippen LogP contribution in [0.1, 0.15) is 38.8 Å². The number of hydrogen-bond acceptors (Lipinski definition) is 5. The highest BCUT2D eigenvalue weighted by Crippen LogP contribution is 2.42. The Morgan fingerprint density at radius 1 is 1.40 bits per heavy atom. The van der Waals surface area contributed by atoms with Crippen molar-refractivity contribution in [2.45, 2.75) is 45.6 Å². The van der Waals surface area contributed by atoms with Crippen molar-refractivity contribution >= 4 is 34.3 Å². The maximum Gasteiger partial charge on any atom is 0.326 e. The Balaban J connectivity index is 1.65. The third kappa shape index (κ3) is 3.68. The fraction of sp³-hybridized carbons (Fsp3) is 0.647. The quantitative estimate of drug-likeness (QED) is 0.831. The molecule has 2 N–H and O–H groups in total. The van der Waals surface area contributed by atoms with Gasteiger partial charge in [-0.1, -0.05) is 20.3 Å². The van der Waals surface area contributed by atoms with E-state index in [1.165, 1.54) is 16.2 Å². The van der Waals surface area contributed by atoms with E-state index in [9.17, 15) is 19.5 Å². The number of fused-ring (bicyclic) bond motifs is 1. The third-order valence-electron chi connectivity index (χ3n) is 5.10. The molecule has 2 fully saturated rings. The van der Waals surface area contributed by atoms with E-state index < -0.39 is 12.0 Å². The molecule has 8 heteroatoms. The van der Waals surface area contributed by atoms with Crippen LogP contribution in [0.5, 0.6) is 0 Å². The van der Waals surface area contributed by atoms with Gasteiger partial charge >= 0.3 is 5.97 Å². The summed E-state index contributed by atoms with van der Waals surface area (Å²) in [6.07, 6.45) is 3.00. The van der Waals surface area contributed by atoms with Gasteiger partial charge in [0.1, 0.15) is 6.04 Å². The van der Waals surface area contributed by atoms with Crippen molar-refractivity contribution in [1.29, 1.82) is 0 Å². The van der Waals surface area contributed by atoms with Gasteiger partial charge in [-0.3, -0.25) is 9.59 Å². The molecule has 3 atom stereocenters. The molecule has 1 aliphatic heterocycles. The molecule has 7 nitrogen and oxygen atoms in total. The summed E-state index contributed by atoms with van der Waals surface area (Å²) in [6, 6.07) is -0.709. The zero-order chi connectivity index (χ0) is 18.1. The topological polar surface area (TPSA) is 99.6 Å². The van der Waals surface area contributed by atoms with Crippen molar-refractivity contribution in [3.8, 4) is 0 Å². The third-order valence-corrected chi connectivity index (χ3v) is 5.91. The molecule has 3 rings (SSSR count). The Kier molecular flexibility index (Phi) is 5.08. The van der Waals surface area contributed by atoms with Crippen LogP contribution in [0.2, 0.25) is 0 Å². The highest BCUT2D eigenvalue weighted by Gasteiger charge is 2.49. The summed E-state index contributed by atoms with van der Waals surface area (Å²) in [5.41, 5.74) is 0.565. The van der Waals surface area contributed by atoms with E-state index in [0.29, 0.717) is 23.3 Å². The van der Waals surface area contributed by atoms with E-state index in [-0.39, 0.29) is 30.1 Å². The number of rotatable bonds is 5. The monoisotopic (exact) mass is 365 g/mol. The van der Waals surface area contributed by atoms with Crippen LogP contribution in [-0.4, -0.2) is 45.4 Å². The maximum absolute atomic E-state index is 12.6. The largest absolute Gasteiger partial charge is 0.480 e. The van der Waals surface area contributed by atoms with E-state index in [4.69, 9.17) is 0 Å². The molecule has 1 aliphatic carbocycles. The van der Waals surface area contributed by atoms with Gasteiger partial charge < -0.3 is 15.3 Å². The number of likely N-dealkylation sites (tertiary alicyclic amines) is 1. The van der Waals surface area contributed by atoms with Gasteiger partial charge in [0.15, 0.2) is 5.13 Å². The first-order chi connectivity index (χ1) is 11.9. The lowest BCUT2D eigenvalue weighted by molar-refractivity contribution is -0.149. The molecule has 1 saturated heterocycles. The summed E-state index contributed by atoms with van der Waals surface area (Å²) in [6.45, 7) is 4.12. The average molecular weight is 365 g/mol. The molecule has 0 bridgehead atoms. The number of carboxylic acid groups (broad SMARTS) is 1. The van der Waals surface area contributed by atoms with Crippen molar-refractivity contribution in [3.05, 3.63) is 11.1 Å². The smallest absolute Gasteiger partial charge is 0.326 e. The molecule has 1 saturated carbocycles. The second-order valence-corrected chi connectivity index (χ2v) is 8.01. The summed E-state index contributed by atoms with van der Waals surface area (Å²) in [7, 11) is 0. The minimum Gasteiger partial charge on any atom is -0.480 e. The van der Waals surface area contributed by atoms with E-state index in [2.05, 4.69) is 10.3 Å². The number of aliphatic carboxylic acids is 1. The number of carbonyl (C=O) groups excluding carboxylic acids is 2. The normalized spacial score (nSPS) is 25.2. The number of aromatic nitrogens is 1. The lowest BCUT2D eigenvalue weighted by Crippen LogP contribution is -2.44. The molecule has 0 aromatic carbocycles. The first-order valence-corrected chi connectivity index (χ1v) is 9.52. The van der Waals surface area contributed by atoms with Crippen LogP contribution in [0.25, 0.3) is 0 Å². The fourth-order valence-corrected chi connectivity index (χ4v) is 4.54. The predicted molar refractivity (Wildman–Crippen MR) is 93.3 cm³/mol. The molecule has 0 spiro atoms. The number of anilines is 1. The van der Waals surface area contributed by atoms with Gasteiger partial charge in [0, 0.05) is 17.8 Å². The van der Waals surface area contributed by atoms with Gasteiger partial charge in [0.25, 0.3) is 0 Å². The maximum atomic E-state index is 12.6. The van der Waals surface area contributed by atoms with Crippen molar-refractivity contribution in [1.82, 2.24) is 9.88 Å². The molecule has 25 heavy (non-hydrogen) atoms. The van der Waals surface area contributed by atoms with E-state index in [1.807, 2.05) is 0 Å².